The van der Waals surface area contributed by atoms with Crippen molar-refractivity contribution in [3.8, 4) is 0 Å². The third-order valence-corrected chi connectivity index (χ3v) is 5.25. The molecule has 3 rings (SSSR count). The average Bonchev–Trinajstić information content (AvgIpc) is 2.83. The second-order valence-electron chi connectivity index (χ2n) is 7.72. The molecule has 2 aromatic carbocycles. The van der Waals surface area contributed by atoms with Crippen LogP contribution in [0.5, 0.6) is 0 Å². The van der Waals surface area contributed by atoms with E-state index in [1.807, 2.05) is 36.5 Å². The predicted molar refractivity (Wildman–Crippen MR) is 113 cm³/mol. The molecule has 0 saturated heterocycles. The lowest BCUT2D eigenvalue weighted by Crippen LogP contribution is -2.29. The number of amides is 1. The summed E-state index contributed by atoms with van der Waals surface area (Å²) < 4.78 is 2.40. The number of carbonyl (C=O) groups excluding carboxylic acids is 1. The summed E-state index contributed by atoms with van der Waals surface area (Å²) in [4.78, 5) is 13.9. The maximum Gasteiger partial charge on any atom is 0.227 e. The smallest absolute Gasteiger partial charge is 0.227 e. The lowest BCUT2D eigenvalue weighted by molar-refractivity contribution is -0.437. The molecule has 2 aromatic rings. The van der Waals surface area contributed by atoms with Crippen molar-refractivity contribution in [2.45, 2.75) is 46.5 Å². The Kier molecular flexibility index (Phi) is 5.31. The van der Waals surface area contributed by atoms with Crippen LogP contribution in [0.2, 0.25) is 0 Å². The van der Waals surface area contributed by atoms with Gasteiger partial charge in [0.25, 0.3) is 0 Å². The molecule has 0 radical (unpaired) electrons. The first-order valence-corrected chi connectivity index (χ1v) is 9.65. The average molecular weight is 362 g/mol. The van der Waals surface area contributed by atoms with Gasteiger partial charge >= 0.3 is 0 Å². The highest BCUT2D eigenvalue weighted by atomic mass is 16.2. The molecule has 0 bridgehead atoms. The van der Waals surface area contributed by atoms with Crippen molar-refractivity contribution < 1.29 is 9.37 Å². The summed E-state index contributed by atoms with van der Waals surface area (Å²) in [7, 11) is 0. The number of fused-ring (bicyclic) bond motifs is 1. The van der Waals surface area contributed by atoms with E-state index in [2.05, 4.69) is 56.5 Å². The van der Waals surface area contributed by atoms with E-state index >= 15 is 0 Å². The number of hydrogen-bond acceptors (Lipinski definition) is 1. The number of anilines is 1. The first-order valence-electron chi connectivity index (χ1n) is 9.65. The van der Waals surface area contributed by atoms with E-state index in [0.717, 1.165) is 18.7 Å². The molecule has 0 aliphatic carbocycles. The van der Waals surface area contributed by atoms with Gasteiger partial charge in [-0.15, -0.1) is 0 Å². The van der Waals surface area contributed by atoms with Gasteiger partial charge in [0.1, 0.15) is 6.54 Å². The minimum atomic E-state index is -0.105. The van der Waals surface area contributed by atoms with Crippen molar-refractivity contribution in [3.63, 3.8) is 0 Å². The molecule has 0 spiro atoms. The van der Waals surface area contributed by atoms with Crippen LogP contribution in [-0.2, 0) is 10.2 Å². The minimum Gasteiger partial charge on any atom is -0.288 e. The van der Waals surface area contributed by atoms with Crippen LogP contribution in [-0.4, -0.2) is 22.7 Å². The molecule has 0 N–H and O–H groups in total. The summed E-state index contributed by atoms with van der Waals surface area (Å²) in [5, 5.41) is 0. The Balaban J connectivity index is 2.06. The lowest BCUT2D eigenvalue weighted by atomic mass is 9.81. The van der Waals surface area contributed by atoms with Gasteiger partial charge in [0.15, 0.2) is 5.71 Å². The molecule has 0 fully saturated rings. The van der Waals surface area contributed by atoms with Crippen LogP contribution < -0.4 is 4.90 Å². The Bertz CT molecular complexity index is 907. The SMILES string of the molecule is CCC[N+]1=C(/C=C/N(C(C)=O)c2ccccc2)C(C)(C)c2cc(C)ccc21. The molecule has 1 aliphatic rings. The summed E-state index contributed by atoms with van der Waals surface area (Å²) in [6.07, 6.45) is 5.09. The van der Waals surface area contributed by atoms with E-state index in [4.69, 9.17) is 0 Å². The third kappa shape index (κ3) is 3.59. The highest BCUT2D eigenvalue weighted by Gasteiger charge is 2.44. The van der Waals surface area contributed by atoms with Gasteiger partial charge in [0.2, 0.25) is 11.6 Å². The number of allylic oxidation sites excluding steroid dienone is 1. The molecule has 0 aromatic heterocycles. The van der Waals surface area contributed by atoms with Crippen LogP contribution in [0.4, 0.5) is 11.4 Å². The minimum absolute atomic E-state index is 0.00394. The number of hydrogen-bond donors (Lipinski definition) is 0. The highest BCUT2D eigenvalue weighted by molar-refractivity contribution is 6.04. The standard InChI is InChI=1S/C24H29N2O/c1-6-15-26-22-13-12-18(2)17-21(22)24(4,5)23(26)14-16-25(19(3)27)20-10-8-7-9-11-20/h7-14,16-17H,6,15H2,1-5H3/q+1. The van der Waals surface area contributed by atoms with Crippen LogP contribution in [0.15, 0.2) is 60.8 Å². The maximum atomic E-state index is 12.2. The van der Waals surface area contributed by atoms with Crippen LogP contribution in [0.1, 0.15) is 45.2 Å². The van der Waals surface area contributed by atoms with Gasteiger partial charge in [0, 0.05) is 42.9 Å². The molecular formula is C24H29N2O+. The normalized spacial score (nSPS) is 15.3. The van der Waals surface area contributed by atoms with Crippen LogP contribution >= 0.6 is 0 Å². The maximum absolute atomic E-state index is 12.2. The van der Waals surface area contributed by atoms with Crippen molar-refractivity contribution in [1.82, 2.24) is 0 Å². The van der Waals surface area contributed by atoms with Gasteiger partial charge in [-0.25, -0.2) is 0 Å². The Morgan fingerprint density at radius 3 is 2.48 bits per heavy atom. The quantitative estimate of drug-likeness (QED) is 0.659. The van der Waals surface area contributed by atoms with Crippen molar-refractivity contribution in [1.29, 1.82) is 0 Å². The van der Waals surface area contributed by atoms with E-state index in [-0.39, 0.29) is 11.3 Å². The monoisotopic (exact) mass is 361 g/mol. The Morgan fingerprint density at radius 2 is 1.85 bits per heavy atom. The third-order valence-electron chi connectivity index (χ3n) is 5.25. The van der Waals surface area contributed by atoms with E-state index in [9.17, 15) is 4.79 Å². The second-order valence-corrected chi connectivity index (χ2v) is 7.72. The number of aryl methyl sites for hydroxylation is 1. The molecule has 3 nitrogen and oxygen atoms in total. The fourth-order valence-corrected chi connectivity index (χ4v) is 3.86. The first-order chi connectivity index (χ1) is 12.9. The summed E-state index contributed by atoms with van der Waals surface area (Å²) in [6, 6.07) is 16.5. The summed E-state index contributed by atoms with van der Waals surface area (Å²) in [6.45, 7) is 11.4. The van der Waals surface area contributed by atoms with Gasteiger partial charge in [-0.1, -0.05) is 36.8 Å². The van der Waals surface area contributed by atoms with E-state index in [0.29, 0.717) is 0 Å². The molecule has 1 heterocycles. The van der Waals surface area contributed by atoms with Gasteiger partial charge in [-0.3, -0.25) is 9.69 Å². The van der Waals surface area contributed by atoms with Gasteiger partial charge in [-0.05, 0) is 39.0 Å². The summed E-state index contributed by atoms with van der Waals surface area (Å²) in [5.74, 6) is 0.00394. The Morgan fingerprint density at radius 1 is 1.15 bits per heavy atom. The first kappa shape index (κ1) is 19.1. The Hall–Kier alpha value is -2.68. The zero-order valence-electron chi connectivity index (χ0n) is 17.0. The zero-order chi connectivity index (χ0) is 19.6. The fourth-order valence-electron chi connectivity index (χ4n) is 3.86. The van der Waals surface area contributed by atoms with Crippen molar-refractivity contribution in [2.24, 2.45) is 0 Å². The van der Waals surface area contributed by atoms with E-state index < -0.39 is 0 Å². The molecular weight excluding hydrogens is 332 g/mol. The second kappa shape index (κ2) is 7.51. The molecule has 1 aliphatic heterocycles. The summed E-state index contributed by atoms with van der Waals surface area (Å²) >= 11 is 0. The molecule has 3 heteroatoms. The molecule has 0 saturated carbocycles. The molecule has 140 valence electrons. The number of carbonyl (C=O) groups is 1. The lowest BCUT2D eigenvalue weighted by Gasteiger charge is -2.19. The van der Waals surface area contributed by atoms with Gasteiger partial charge in [0.05, 0.1) is 5.41 Å². The number of para-hydroxylation sites is 1. The van der Waals surface area contributed by atoms with Crippen molar-refractivity contribution in [3.05, 3.63) is 71.9 Å². The molecule has 0 unspecified atom stereocenters. The molecule has 1 amide bonds. The highest BCUT2D eigenvalue weighted by Crippen LogP contribution is 2.40. The van der Waals surface area contributed by atoms with Crippen LogP contribution in [0.3, 0.4) is 0 Å². The largest absolute Gasteiger partial charge is 0.288 e. The number of nitrogens with zero attached hydrogens (tertiary/aromatic N) is 2. The van der Waals surface area contributed by atoms with Crippen LogP contribution in [0.25, 0.3) is 0 Å². The number of rotatable bonds is 5. The topological polar surface area (TPSA) is 23.3 Å². The predicted octanol–water partition coefficient (Wildman–Crippen LogP) is 5.35. The molecule has 0 atom stereocenters. The van der Waals surface area contributed by atoms with E-state index in [1.54, 1.807) is 11.8 Å². The molecule has 27 heavy (non-hydrogen) atoms. The van der Waals surface area contributed by atoms with Crippen molar-refractivity contribution >= 4 is 23.0 Å². The summed E-state index contributed by atoms with van der Waals surface area (Å²) in [5.41, 5.74) is 5.91. The fraction of sp³-hybridized carbons (Fsp3) is 0.333. The van der Waals surface area contributed by atoms with Gasteiger partial charge < -0.3 is 0 Å². The van der Waals surface area contributed by atoms with Crippen LogP contribution in [0, 0.1) is 6.92 Å². The zero-order valence-corrected chi connectivity index (χ0v) is 17.0. The van der Waals surface area contributed by atoms with E-state index in [1.165, 1.54) is 22.5 Å². The Labute approximate surface area is 162 Å². The van der Waals surface area contributed by atoms with Crippen molar-refractivity contribution in [2.75, 3.05) is 11.4 Å². The number of benzene rings is 2. The van der Waals surface area contributed by atoms with Gasteiger partial charge in [-0.2, -0.15) is 4.58 Å².